The van der Waals surface area contributed by atoms with E-state index in [-0.39, 0.29) is 0 Å². The van der Waals surface area contributed by atoms with Gasteiger partial charge in [-0.1, -0.05) is 40.6 Å². The van der Waals surface area contributed by atoms with Crippen LogP contribution in [0.25, 0.3) is 0 Å². The minimum atomic E-state index is 0.363. The van der Waals surface area contributed by atoms with E-state index >= 15 is 0 Å². The average Bonchev–Trinajstić information content (AvgIpc) is 2.24. The van der Waals surface area contributed by atoms with Crippen molar-refractivity contribution in [2.45, 2.75) is 39.7 Å². The molecule has 1 unspecified atom stereocenters. The minimum Gasteiger partial charge on any atom is -0.310 e. The Hall–Kier alpha value is -0.600. The number of aryl methyl sites for hydroxylation is 1. The molecule has 0 amide bonds. The molecule has 1 aromatic carbocycles. The van der Waals surface area contributed by atoms with Gasteiger partial charge in [0.1, 0.15) is 0 Å². The van der Waals surface area contributed by atoms with Crippen LogP contribution in [0.15, 0.2) is 34.8 Å². The molecule has 1 nitrogen and oxygen atoms in total. The maximum atomic E-state index is 4.02. The van der Waals surface area contributed by atoms with Crippen LogP contribution >= 0.6 is 15.9 Å². The SMILES string of the molecule is C=C(C)CC(NCCC)c1ccc(C)cc1Br. The highest BCUT2D eigenvalue weighted by Crippen LogP contribution is 2.28. The minimum absolute atomic E-state index is 0.363. The monoisotopic (exact) mass is 295 g/mol. The number of hydrogen-bond acceptors (Lipinski definition) is 1. The molecule has 1 atom stereocenters. The molecule has 0 heterocycles. The summed E-state index contributed by atoms with van der Waals surface area (Å²) in [6.07, 6.45) is 2.14. The van der Waals surface area contributed by atoms with Crippen LogP contribution in [0.4, 0.5) is 0 Å². The van der Waals surface area contributed by atoms with Gasteiger partial charge >= 0.3 is 0 Å². The summed E-state index contributed by atoms with van der Waals surface area (Å²) < 4.78 is 1.19. The van der Waals surface area contributed by atoms with Crippen molar-refractivity contribution in [3.05, 3.63) is 46.0 Å². The van der Waals surface area contributed by atoms with Crippen molar-refractivity contribution in [3.63, 3.8) is 0 Å². The van der Waals surface area contributed by atoms with Crippen LogP contribution in [0.5, 0.6) is 0 Å². The third-order valence-corrected chi connectivity index (χ3v) is 3.41. The molecule has 2 heteroatoms. The molecule has 0 saturated carbocycles. The van der Waals surface area contributed by atoms with Crippen LogP contribution in [-0.4, -0.2) is 6.54 Å². The van der Waals surface area contributed by atoms with E-state index in [9.17, 15) is 0 Å². The third-order valence-electron chi connectivity index (χ3n) is 2.72. The Balaban J connectivity index is 2.90. The van der Waals surface area contributed by atoms with Crippen molar-refractivity contribution >= 4 is 15.9 Å². The van der Waals surface area contributed by atoms with Crippen LogP contribution in [0.1, 0.15) is 43.9 Å². The summed E-state index contributed by atoms with van der Waals surface area (Å²) in [5.41, 5.74) is 3.82. The molecule has 0 bridgehead atoms. The molecule has 0 aliphatic carbocycles. The molecule has 0 aliphatic rings. The molecule has 0 saturated heterocycles. The summed E-state index contributed by atoms with van der Waals surface area (Å²) >= 11 is 3.66. The summed E-state index contributed by atoms with van der Waals surface area (Å²) in [6, 6.07) is 6.91. The lowest BCUT2D eigenvalue weighted by molar-refractivity contribution is 0.526. The van der Waals surface area contributed by atoms with Crippen molar-refractivity contribution in [2.24, 2.45) is 0 Å². The van der Waals surface area contributed by atoms with E-state index in [4.69, 9.17) is 0 Å². The summed E-state index contributed by atoms with van der Waals surface area (Å²) in [5.74, 6) is 0. The second-order valence-electron chi connectivity index (χ2n) is 4.69. The number of halogens is 1. The fraction of sp³-hybridized carbons (Fsp3) is 0.467. The fourth-order valence-electron chi connectivity index (χ4n) is 1.87. The molecule has 0 radical (unpaired) electrons. The maximum Gasteiger partial charge on any atom is 0.0368 e. The Kier molecular flexibility index (Phi) is 5.93. The average molecular weight is 296 g/mol. The van der Waals surface area contributed by atoms with E-state index < -0.39 is 0 Å². The quantitative estimate of drug-likeness (QED) is 0.746. The van der Waals surface area contributed by atoms with Crippen LogP contribution < -0.4 is 5.32 Å². The van der Waals surface area contributed by atoms with Gasteiger partial charge in [0.25, 0.3) is 0 Å². The van der Waals surface area contributed by atoms with E-state index in [2.05, 4.69) is 66.8 Å². The first-order chi connectivity index (χ1) is 8.04. The van der Waals surface area contributed by atoms with Crippen molar-refractivity contribution < 1.29 is 0 Å². The van der Waals surface area contributed by atoms with Gasteiger partial charge in [0.15, 0.2) is 0 Å². The first-order valence-electron chi connectivity index (χ1n) is 6.18. The van der Waals surface area contributed by atoms with E-state index in [1.54, 1.807) is 0 Å². The standard InChI is InChI=1S/C15H22BrN/c1-5-8-17-15(9-11(2)3)13-7-6-12(4)10-14(13)16/h6-7,10,15,17H,2,5,8-9H2,1,3-4H3. The summed E-state index contributed by atoms with van der Waals surface area (Å²) in [6.45, 7) is 11.4. The van der Waals surface area contributed by atoms with Crippen molar-refractivity contribution in [3.8, 4) is 0 Å². The number of hydrogen-bond donors (Lipinski definition) is 1. The van der Waals surface area contributed by atoms with Crippen LogP contribution in [0.2, 0.25) is 0 Å². The Morgan fingerprint density at radius 3 is 2.71 bits per heavy atom. The Morgan fingerprint density at radius 1 is 1.47 bits per heavy atom. The predicted molar refractivity (Wildman–Crippen MR) is 79.3 cm³/mol. The number of benzene rings is 1. The maximum absolute atomic E-state index is 4.02. The zero-order chi connectivity index (χ0) is 12.8. The van der Waals surface area contributed by atoms with E-state index in [0.717, 1.165) is 19.4 Å². The summed E-state index contributed by atoms with van der Waals surface area (Å²) in [5, 5.41) is 3.59. The lowest BCUT2D eigenvalue weighted by atomic mass is 9.99. The fourth-order valence-corrected chi connectivity index (χ4v) is 2.64. The van der Waals surface area contributed by atoms with Gasteiger partial charge in [-0.3, -0.25) is 0 Å². The highest BCUT2D eigenvalue weighted by molar-refractivity contribution is 9.10. The van der Waals surface area contributed by atoms with Crippen molar-refractivity contribution in [2.75, 3.05) is 6.54 Å². The molecule has 1 N–H and O–H groups in total. The first kappa shape index (κ1) is 14.5. The third kappa shape index (κ3) is 4.64. The number of rotatable bonds is 6. The molecule has 0 aliphatic heterocycles. The Bertz CT molecular complexity index is 385. The molecule has 1 aromatic rings. The molecule has 0 fully saturated rings. The Morgan fingerprint density at radius 2 is 2.18 bits per heavy atom. The predicted octanol–water partition coefficient (Wildman–Crippen LogP) is 4.76. The zero-order valence-electron chi connectivity index (χ0n) is 11.0. The van der Waals surface area contributed by atoms with Gasteiger partial charge in [-0.2, -0.15) is 0 Å². The van der Waals surface area contributed by atoms with Gasteiger partial charge in [-0.25, -0.2) is 0 Å². The zero-order valence-corrected chi connectivity index (χ0v) is 12.6. The van der Waals surface area contributed by atoms with Gasteiger partial charge < -0.3 is 5.32 Å². The van der Waals surface area contributed by atoms with Crippen LogP contribution in [0.3, 0.4) is 0 Å². The molecular weight excluding hydrogens is 274 g/mol. The van der Waals surface area contributed by atoms with Crippen molar-refractivity contribution in [1.29, 1.82) is 0 Å². The van der Waals surface area contributed by atoms with Gasteiger partial charge in [-0.05, 0) is 50.4 Å². The smallest absolute Gasteiger partial charge is 0.0368 e. The Labute approximate surface area is 113 Å². The highest BCUT2D eigenvalue weighted by atomic mass is 79.9. The lowest BCUT2D eigenvalue weighted by Gasteiger charge is -2.20. The summed E-state index contributed by atoms with van der Waals surface area (Å²) in [4.78, 5) is 0. The molecule has 0 aromatic heterocycles. The van der Waals surface area contributed by atoms with E-state index in [1.165, 1.54) is 21.2 Å². The second-order valence-corrected chi connectivity index (χ2v) is 5.55. The van der Waals surface area contributed by atoms with Crippen molar-refractivity contribution in [1.82, 2.24) is 5.32 Å². The molecular formula is C15H22BrN. The van der Waals surface area contributed by atoms with E-state index in [0.29, 0.717) is 6.04 Å². The molecule has 1 rings (SSSR count). The molecule has 0 spiro atoms. The topological polar surface area (TPSA) is 12.0 Å². The number of nitrogens with one attached hydrogen (secondary N) is 1. The highest BCUT2D eigenvalue weighted by Gasteiger charge is 2.13. The van der Waals surface area contributed by atoms with Gasteiger partial charge in [0.05, 0.1) is 0 Å². The largest absolute Gasteiger partial charge is 0.310 e. The second kappa shape index (κ2) is 6.97. The van der Waals surface area contributed by atoms with E-state index in [1.807, 2.05) is 0 Å². The van der Waals surface area contributed by atoms with Gasteiger partial charge in [0, 0.05) is 10.5 Å². The normalized spacial score (nSPS) is 12.5. The van der Waals surface area contributed by atoms with Gasteiger partial charge in [0.2, 0.25) is 0 Å². The van der Waals surface area contributed by atoms with Crippen LogP contribution in [0, 0.1) is 6.92 Å². The molecule has 17 heavy (non-hydrogen) atoms. The lowest BCUT2D eigenvalue weighted by Crippen LogP contribution is -2.22. The molecule has 94 valence electrons. The van der Waals surface area contributed by atoms with Gasteiger partial charge in [-0.15, -0.1) is 6.58 Å². The van der Waals surface area contributed by atoms with Crippen LogP contribution in [-0.2, 0) is 0 Å². The first-order valence-corrected chi connectivity index (χ1v) is 6.97. The summed E-state index contributed by atoms with van der Waals surface area (Å²) in [7, 11) is 0.